The SMILES string of the molecule is CC(CN)CCc1ccc2[nH]c(=O)oc2c1. The Bertz CT molecular complexity index is 527. The van der Waals surface area contributed by atoms with Crippen molar-refractivity contribution in [1.82, 2.24) is 4.98 Å². The quantitative estimate of drug-likeness (QED) is 0.822. The molecular formula is C12H16N2O2. The largest absolute Gasteiger partial charge is 0.417 e. The van der Waals surface area contributed by atoms with Crippen LogP contribution >= 0.6 is 0 Å². The van der Waals surface area contributed by atoms with Crippen molar-refractivity contribution in [2.45, 2.75) is 19.8 Å². The number of H-pyrrole nitrogens is 1. The number of hydrogen-bond donors (Lipinski definition) is 2. The van der Waals surface area contributed by atoms with Crippen molar-refractivity contribution in [3.05, 3.63) is 34.3 Å². The number of rotatable bonds is 4. The van der Waals surface area contributed by atoms with Gasteiger partial charge in [-0.25, -0.2) is 4.79 Å². The molecule has 0 bridgehead atoms. The summed E-state index contributed by atoms with van der Waals surface area (Å²) in [7, 11) is 0. The molecule has 3 N–H and O–H groups in total. The fourth-order valence-electron chi connectivity index (χ4n) is 1.68. The molecule has 0 fully saturated rings. The lowest BCUT2D eigenvalue weighted by molar-refractivity contribution is 0.542. The zero-order valence-electron chi connectivity index (χ0n) is 9.32. The molecule has 1 heterocycles. The topological polar surface area (TPSA) is 72.0 Å². The Labute approximate surface area is 93.5 Å². The van der Waals surface area contributed by atoms with Gasteiger partial charge in [0, 0.05) is 0 Å². The van der Waals surface area contributed by atoms with Gasteiger partial charge in [0.15, 0.2) is 5.58 Å². The normalized spacial score (nSPS) is 13.1. The molecule has 0 amide bonds. The summed E-state index contributed by atoms with van der Waals surface area (Å²) in [5, 5.41) is 0. The number of fused-ring (bicyclic) bond motifs is 1. The van der Waals surface area contributed by atoms with Gasteiger partial charge < -0.3 is 10.2 Å². The van der Waals surface area contributed by atoms with Crippen LogP contribution in [0.25, 0.3) is 11.1 Å². The van der Waals surface area contributed by atoms with Crippen molar-refractivity contribution < 1.29 is 4.42 Å². The summed E-state index contributed by atoms with van der Waals surface area (Å²) in [5.74, 6) is 0.122. The summed E-state index contributed by atoms with van der Waals surface area (Å²) in [6.45, 7) is 2.84. The van der Waals surface area contributed by atoms with Crippen LogP contribution in [-0.4, -0.2) is 11.5 Å². The molecule has 0 radical (unpaired) electrons. The van der Waals surface area contributed by atoms with Crippen LogP contribution in [0.1, 0.15) is 18.9 Å². The van der Waals surface area contributed by atoms with Gasteiger partial charge in [-0.15, -0.1) is 0 Å². The van der Waals surface area contributed by atoms with Gasteiger partial charge in [-0.3, -0.25) is 4.98 Å². The Kier molecular flexibility index (Phi) is 3.10. The van der Waals surface area contributed by atoms with Gasteiger partial charge in [-0.2, -0.15) is 0 Å². The van der Waals surface area contributed by atoms with Crippen LogP contribution in [0.5, 0.6) is 0 Å². The Morgan fingerprint density at radius 3 is 3.06 bits per heavy atom. The average Bonchev–Trinajstić information content (AvgIpc) is 2.65. The monoisotopic (exact) mass is 220 g/mol. The van der Waals surface area contributed by atoms with Crippen LogP contribution < -0.4 is 11.5 Å². The van der Waals surface area contributed by atoms with Gasteiger partial charge in [-0.1, -0.05) is 13.0 Å². The number of aromatic amines is 1. The minimum absolute atomic E-state index is 0.400. The molecule has 1 unspecified atom stereocenters. The van der Waals surface area contributed by atoms with Crippen LogP contribution in [0.15, 0.2) is 27.4 Å². The Hall–Kier alpha value is -1.55. The Morgan fingerprint density at radius 1 is 1.50 bits per heavy atom. The molecule has 0 saturated heterocycles. The van der Waals surface area contributed by atoms with Gasteiger partial charge in [-0.05, 0) is 43.0 Å². The smallest absolute Gasteiger partial charge is 0.408 e. The first-order valence-corrected chi connectivity index (χ1v) is 5.51. The first-order valence-electron chi connectivity index (χ1n) is 5.51. The standard InChI is InChI=1S/C12H16N2O2/c1-8(7-13)2-3-9-4-5-10-11(6-9)16-12(15)14-10/h4-6,8H,2-3,7,13H2,1H3,(H,14,15). The molecule has 0 spiro atoms. The molecule has 4 heteroatoms. The molecule has 1 atom stereocenters. The van der Waals surface area contributed by atoms with E-state index in [0.717, 1.165) is 18.4 Å². The molecule has 0 aliphatic rings. The van der Waals surface area contributed by atoms with Gasteiger partial charge in [0.25, 0.3) is 0 Å². The van der Waals surface area contributed by atoms with Gasteiger partial charge >= 0.3 is 5.76 Å². The van der Waals surface area contributed by atoms with Crippen molar-refractivity contribution >= 4 is 11.1 Å². The maximum absolute atomic E-state index is 11.0. The molecule has 16 heavy (non-hydrogen) atoms. The lowest BCUT2D eigenvalue weighted by Crippen LogP contribution is -2.11. The highest BCUT2D eigenvalue weighted by Crippen LogP contribution is 2.15. The lowest BCUT2D eigenvalue weighted by atomic mass is 10.0. The molecule has 86 valence electrons. The third-order valence-electron chi connectivity index (χ3n) is 2.81. The van der Waals surface area contributed by atoms with E-state index in [0.29, 0.717) is 18.0 Å². The van der Waals surface area contributed by atoms with Gasteiger partial charge in [0.05, 0.1) is 5.52 Å². The highest BCUT2D eigenvalue weighted by molar-refractivity contribution is 5.72. The van der Waals surface area contributed by atoms with Crippen molar-refractivity contribution in [2.24, 2.45) is 11.7 Å². The van der Waals surface area contributed by atoms with E-state index in [-0.39, 0.29) is 0 Å². The highest BCUT2D eigenvalue weighted by Gasteiger charge is 2.04. The maximum atomic E-state index is 11.0. The van der Waals surface area contributed by atoms with E-state index >= 15 is 0 Å². The molecule has 0 saturated carbocycles. The molecule has 1 aromatic heterocycles. The summed E-state index contributed by atoms with van der Waals surface area (Å²) in [6.07, 6.45) is 2.01. The third kappa shape index (κ3) is 2.33. The van der Waals surface area contributed by atoms with Crippen molar-refractivity contribution in [1.29, 1.82) is 0 Å². The van der Waals surface area contributed by atoms with E-state index in [9.17, 15) is 4.79 Å². The molecule has 2 rings (SSSR count). The Morgan fingerprint density at radius 2 is 2.31 bits per heavy atom. The maximum Gasteiger partial charge on any atom is 0.417 e. The first-order chi connectivity index (χ1) is 7.69. The second-order valence-electron chi connectivity index (χ2n) is 4.22. The summed E-state index contributed by atoms with van der Waals surface area (Å²) >= 11 is 0. The first kappa shape index (κ1) is 11.0. The van der Waals surface area contributed by atoms with E-state index in [1.54, 1.807) is 0 Å². The van der Waals surface area contributed by atoms with Crippen molar-refractivity contribution in [3.63, 3.8) is 0 Å². The average molecular weight is 220 g/mol. The highest BCUT2D eigenvalue weighted by atomic mass is 16.4. The summed E-state index contributed by atoms with van der Waals surface area (Å²) in [5.41, 5.74) is 8.12. The van der Waals surface area contributed by atoms with Crippen LogP contribution in [0.4, 0.5) is 0 Å². The predicted molar refractivity (Wildman–Crippen MR) is 63.4 cm³/mol. The second kappa shape index (κ2) is 4.53. The molecular weight excluding hydrogens is 204 g/mol. The van der Waals surface area contributed by atoms with E-state index in [1.165, 1.54) is 5.56 Å². The molecule has 0 aliphatic heterocycles. The fourth-order valence-corrected chi connectivity index (χ4v) is 1.68. The Balaban J connectivity index is 2.16. The molecule has 2 aromatic rings. The fraction of sp³-hybridized carbons (Fsp3) is 0.417. The molecule has 4 nitrogen and oxygen atoms in total. The van der Waals surface area contributed by atoms with Crippen molar-refractivity contribution in [2.75, 3.05) is 6.54 Å². The number of aromatic nitrogens is 1. The number of aryl methyl sites for hydroxylation is 1. The summed E-state index contributed by atoms with van der Waals surface area (Å²) in [4.78, 5) is 13.6. The van der Waals surface area contributed by atoms with E-state index in [2.05, 4.69) is 11.9 Å². The minimum atomic E-state index is -0.400. The summed E-state index contributed by atoms with van der Waals surface area (Å²) < 4.78 is 5.01. The second-order valence-corrected chi connectivity index (χ2v) is 4.22. The van der Waals surface area contributed by atoms with Crippen LogP contribution in [0.2, 0.25) is 0 Å². The third-order valence-corrected chi connectivity index (χ3v) is 2.81. The van der Waals surface area contributed by atoms with E-state index < -0.39 is 5.76 Å². The number of benzene rings is 1. The van der Waals surface area contributed by atoms with E-state index in [1.807, 2.05) is 18.2 Å². The van der Waals surface area contributed by atoms with Crippen molar-refractivity contribution in [3.8, 4) is 0 Å². The van der Waals surface area contributed by atoms with Gasteiger partial charge in [0.2, 0.25) is 0 Å². The van der Waals surface area contributed by atoms with E-state index in [4.69, 9.17) is 10.2 Å². The van der Waals surface area contributed by atoms with Gasteiger partial charge in [0.1, 0.15) is 0 Å². The number of hydrogen-bond acceptors (Lipinski definition) is 3. The lowest BCUT2D eigenvalue weighted by Gasteiger charge is -2.07. The predicted octanol–water partition coefficient (Wildman–Crippen LogP) is 1.65. The summed E-state index contributed by atoms with van der Waals surface area (Å²) in [6, 6.07) is 5.80. The molecule has 0 aliphatic carbocycles. The number of nitrogens with one attached hydrogen (secondary N) is 1. The van der Waals surface area contributed by atoms with Crippen LogP contribution in [0, 0.1) is 5.92 Å². The zero-order valence-corrected chi connectivity index (χ0v) is 9.32. The number of oxazole rings is 1. The molecule has 1 aromatic carbocycles. The van der Waals surface area contributed by atoms with Crippen LogP contribution in [0.3, 0.4) is 0 Å². The zero-order chi connectivity index (χ0) is 11.5. The number of nitrogens with two attached hydrogens (primary N) is 1. The minimum Gasteiger partial charge on any atom is -0.408 e. The van der Waals surface area contributed by atoms with Crippen LogP contribution in [-0.2, 0) is 6.42 Å².